The van der Waals surface area contributed by atoms with Gasteiger partial charge in [0.1, 0.15) is 5.75 Å². The minimum absolute atomic E-state index is 0.116. The molecule has 1 N–H and O–H groups in total. The topological polar surface area (TPSA) is 79.3 Å². The Morgan fingerprint density at radius 2 is 1.59 bits per heavy atom. The Kier molecular flexibility index (Phi) is 5.71. The average Bonchev–Trinajstić information content (AvgIpc) is 3.16. The molecule has 2 amide bonds. The fraction of sp³-hybridized carbons (Fsp3) is 0.259. The third-order valence-electron chi connectivity index (χ3n) is 6.66. The summed E-state index contributed by atoms with van der Waals surface area (Å²) >= 11 is 0. The number of nitrogens with zero attached hydrogens (tertiary/aromatic N) is 2. The first kappa shape index (κ1) is 22.0. The van der Waals surface area contributed by atoms with Crippen LogP contribution in [-0.2, 0) is 16.0 Å². The number of phenolic OH excluding ortho intramolecular Hbond substituents is 1. The maximum Gasteiger partial charge on any atom is 0.251 e. The lowest BCUT2D eigenvalue weighted by atomic mass is 9.86. The Balaban J connectivity index is 1.59. The molecule has 2 aliphatic heterocycles. The highest BCUT2D eigenvalue weighted by molar-refractivity contribution is 6.22. The van der Waals surface area contributed by atoms with E-state index < -0.39 is 6.04 Å². The molecule has 3 aromatic rings. The van der Waals surface area contributed by atoms with E-state index in [1.165, 1.54) is 4.90 Å². The lowest BCUT2D eigenvalue weighted by Crippen LogP contribution is -2.47. The molecule has 2 heterocycles. The SMILES string of the molecule is COc1cc2c(cc1OC)[C@H](c1ccc(O)cc1)N([C@H]1CC(=O)N(c3ccccc3)C1=O)CC2. The first-order valence-corrected chi connectivity index (χ1v) is 11.2. The number of hydrogen-bond donors (Lipinski definition) is 1. The van der Waals surface area contributed by atoms with Gasteiger partial charge in [-0.15, -0.1) is 0 Å². The van der Waals surface area contributed by atoms with E-state index in [9.17, 15) is 14.7 Å². The normalized spacial score (nSPS) is 20.4. The first-order chi connectivity index (χ1) is 16.5. The van der Waals surface area contributed by atoms with Crippen molar-refractivity contribution in [3.8, 4) is 17.2 Å². The van der Waals surface area contributed by atoms with Gasteiger partial charge in [0.05, 0.1) is 38.4 Å². The Bertz CT molecular complexity index is 1230. The molecule has 1 saturated heterocycles. The number of ether oxygens (including phenoxy) is 2. The number of rotatable bonds is 5. The van der Waals surface area contributed by atoms with Gasteiger partial charge in [0.15, 0.2) is 11.5 Å². The van der Waals surface area contributed by atoms with Crippen LogP contribution in [0.2, 0.25) is 0 Å². The number of benzene rings is 3. The Morgan fingerprint density at radius 1 is 0.912 bits per heavy atom. The third kappa shape index (κ3) is 3.68. The molecular formula is C27H26N2O5. The van der Waals surface area contributed by atoms with Gasteiger partial charge in [0, 0.05) is 6.54 Å². The molecule has 0 saturated carbocycles. The maximum atomic E-state index is 13.6. The van der Waals surface area contributed by atoms with Gasteiger partial charge in [-0.25, -0.2) is 4.90 Å². The molecule has 7 nitrogen and oxygen atoms in total. The van der Waals surface area contributed by atoms with Crippen molar-refractivity contribution in [2.24, 2.45) is 0 Å². The van der Waals surface area contributed by atoms with Gasteiger partial charge >= 0.3 is 0 Å². The predicted molar refractivity (Wildman–Crippen MR) is 127 cm³/mol. The monoisotopic (exact) mass is 458 g/mol. The number of amides is 2. The number of hydrogen-bond acceptors (Lipinski definition) is 6. The van der Waals surface area contributed by atoms with Crippen molar-refractivity contribution in [1.82, 2.24) is 4.90 Å². The summed E-state index contributed by atoms with van der Waals surface area (Å²) in [6, 6.07) is 19.1. The van der Waals surface area contributed by atoms with Gasteiger partial charge < -0.3 is 14.6 Å². The van der Waals surface area contributed by atoms with Crippen LogP contribution in [0.1, 0.15) is 29.2 Å². The number of imide groups is 1. The van der Waals surface area contributed by atoms with Crippen molar-refractivity contribution in [2.45, 2.75) is 24.9 Å². The second-order valence-electron chi connectivity index (χ2n) is 8.51. The van der Waals surface area contributed by atoms with Crippen molar-refractivity contribution in [3.05, 3.63) is 83.4 Å². The van der Waals surface area contributed by atoms with Crippen LogP contribution in [-0.4, -0.2) is 48.6 Å². The van der Waals surface area contributed by atoms with Crippen LogP contribution in [0.3, 0.4) is 0 Å². The second-order valence-corrected chi connectivity index (χ2v) is 8.51. The number of fused-ring (bicyclic) bond motifs is 1. The van der Waals surface area contributed by atoms with Crippen molar-refractivity contribution >= 4 is 17.5 Å². The predicted octanol–water partition coefficient (Wildman–Crippen LogP) is 3.69. The maximum absolute atomic E-state index is 13.6. The lowest BCUT2D eigenvalue weighted by molar-refractivity contribution is -0.123. The molecule has 0 aromatic heterocycles. The van der Waals surface area contributed by atoms with E-state index in [0.717, 1.165) is 16.7 Å². The summed E-state index contributed by atoms with van der Waals surface area (Å²) in [6.07, 6.45) is 0.818. The summed E-state index contributed by atoms with van der Waals surface area (Å²) in [6.45, 7) is 0.598. The molecule has 0 unspecified atom stereocenters. The molecule has 2 atom stereocenters. The van der Waals surface area contributed by atoms with Crippen LogP contribution in [0.15, 0.2) is 66.7 Å². The highest BCUT2D eigenvalue weighted by Crippen LogP contribution is 2.43. The smallest absolute Gasteiger partial charge is 0.251 e. The van der Waals surface area contributed by atoms with E-state index in [0.29, 0.717) is 30.2 Å². The zero-order valence-electron chi connectivity index (χ0n) is 19.1. The largest absolute Gasteiger partial charge is 0.508 e. The van der Waals surface area contributed by atoms with Crippen LogP contribution in [0.25, 0.3) is 0 Å². The van der Waals surface area contributed by atoms with Gasteiger partial charge in [-0.3, -0.25) is 14.5 Å². The van der Waals surface area contributed by atoms with E-state index in [1.807, 2.05) is 42.5 Å². The summed E-state index contributed by atoms with van der Waals surface area (Å²) in [4.78, 5) is 29.9. The van der Waals surface area contributed by atoms with Gasteiger partial charge in [-0.1, -0.05) is 30.3 Å². The zero-order valence-corrected chi connectivity index (χ0v) is 19.1. The van der Waals surface area contributed by atoms with Crippen molar-refractivity contribution in [3.63, 3.8) is 0 Å². The number of anilines is 1. The number of aromatic hydroxyl groups is 1. The van der Waals surface area contributed by atoms with E-state index in [2.05, 4.69) is 4.90 Å². The Morgan fingerprint density at radius 3 is 2.26 bits per heavy atom. The van der Waals surface area contributed by atoms with Crippen LogP contribution in [0.5, 0.6) is 17.2 Å². The minimum atomic E-state index is -0.590. The number of para-hydroxylation sites is 1. The average molecular weight is 459 g/mol. The van der Waals surface area contributed by atoms with Crippen LogP contribution >= 0.6 is 0 Å². The fourth-order valence-corrected chi connectivity index (χ4v) is 5.05. The number of methoxy groups -OCH3 is 2. The summed E-state index contributed by atoms with van der Waals surface area (Å²) in [5.74, 6) is 1.00. The van der Waals surface area contributed by atoms with E-state index in [-0.39, 0.29) is 30.0 Å². The molecule has 34 heavy (non-hydrogen) atoms. The molecule has 0 aliphatic carbocycles. The van der Waals surface area contributed by atoms with E-state index in [1.54, 1.807) is 38.5 Å². The number of carbonyl (C=O) groups excluding carboxylic acids is 2. The van der Waals surface area contributed by atoms with Crippen molar-refractivity contribution in [1.29, 1.82) is 0 Å². The molecule has 2 aliphatic rings. The Hall–Kier alpha value is -3.84. The van der Waals surface area contributed by atoms with Crippen LogP contribution < -0.4 is 14.4 Å². The van der Waals surface area contributed by atoms with Gasteiger partial charge in [0.25, 0.3) is 5.91 Å². The molecule has 0 bridgehead atoms. The zero-order chi connectivity index (χ0) is 23.8. The molecule has 174 valence electrons. The molecule has 1 fully saturated rings. The molecule has 0 spiro atoms. The second kappa shape index (κ2) is 8.83. The number of phenols is 1. The number of carbonyl (C=O) groups is 2. The van der Waals surface area contributed by atoms with E-state index in [4.69, 9.17) is 9.47 Å². The third-order valence-corrected chi connectivity index (χ3v) is 6.66. The molecule has 0 radical (unpaired) electrons. The molecule has 3 aromatic carbocycles. The Labute approximate surface area is 198 Å². The van der Waals surface area contributed by atoms with Crippen molar-refractivity contribution in [2.75, 3.05) is 25.7 Å². The van der Waals surface area contributed by atoms with Gasteiger partial charge in [-0.2, -0.15) is 0 Å². The van der Waals surface area contributed by atoms with Crippen LogP contribution in [0.4, 0.5) is 5.69 Å². The minimum Gasteiger partial charge on any atom is -0.508 e. The standard InChI is InChI=1S/C27H26N2O5/c1-33-23-14-18-12-13-28(22-16-25(31)29(27(22)32)19-6-4-3-5-7-19)26(21(18)15-24(23)34-2)17-8-10-20(30)11-9-17/h3-11,14-15,22,26,30H,12-13,16H2,1-2H3/t22-,26-/m0/s1. The van der Waals surface area contributed by atoms with Crippen LogP contribution in [0, 0.1) is 0 Å². The van der Waals surface area contributed by atoms with E-state index >= 15 is 0 Å². The fourth-order valence-electron chi connectivity index (χ4n) is 5.05. The molecular weight excluding hydrogens is 432 g/mol. The molecule has 7 heteroatoms. The quantitative estimate of drug-likeness (QED) is 0.588. The summed E-state index contributed by atoms with van der Waals surface area (Å²) < 4.78 is 11.1. The first-order valence-electron chi connectivity index (χ1n) is 11.2. The van der Waals surface area contributed by atoms with Gasteiger partial charge in [0.2, 0.25) is 5.91 Å². The summed E-state index contributed by atoms with van der Waals surface area (Å²) in [7, 11) is 3.20. The highest BCUT2D eigenvalue weighted by Gasteiger charge is 2.46. The van der Waals surface area contributed by atoms with Gasteiger partial charge in [-0.05, 0) is 59.5 Å². The lowest BCUT2D eigenvalue weighted by Gasteiger charge is -2.40. The van der Waals surface area contributed by atoms with Crippen molar-refractivity contribution < 1.29 is 24.2 Å². The molecule has 5 rings (SSSR count). The summed E-state index contributed by atoms with van der Waals surface area (Å²) in [5.41, 5.74) is 3.60. The summed E-state index contributed by atoms with van der Waals surface area (Å²) in [5, 5.41) is 9.86. The highest BCUT2D eigenvalue weighted by atomic mass is 16.5.